The van der Waals surface area contributed by atoms with Gasteiger partial charge >= 0.3 is 0 Å². The van der Waals surface area contributed by atoms with E-state index >= 15 is 0 Å². The van der Waals surface area contributed by atoms with Crippen molar-refractivity contribution < 1.29 is 13.2 Å². The van der Waals surface area contributed by atoms with Crippen LogP contribution in [-0.2, 0) is 14.6 Å². The third-order valence-corrected chi connectivity index (χ3v) is 4.67. The number of benzene rings is 1. The molecular weight excluding hydrogens is 250 g/mol. The molecule has 18 heavy (non-hydrogen) atoms. The van der Waals surface area contributed by atoms with Crippen molar-refractivity contribution in [3.05, 3.63) is 29.8 Å². The van der Waals surface area contributed by atoms with E-state index < -0.39 is 15.8 Å². The van der Waals surface area contributed by atoms with Gasteiger partial charge in [-0.05, 0) is 24.6 Å². The Hall–Kier alpha value is -1.80. The van der Waals surface area contributed by atoms with Gasteiger partial charge in [-0.25, -0.2) is 8.42 Å². The summed E-state index contributed by atoms with van der Waals surface area (Å²) in [6.45, 7) is 0. The number of sulfone groups is 1. The molecule has 1 heterocycles. The number of carbonyl (C=O) groups excluding carboxylic acids is 1. The minimum Gasteiger partial charge on any atom is -0.326 e. The number of anilines is 1. The Morgan fingerprint density at radius 2 is 2.22 bits per heavy atom. The Bertz CT molecular complexity index is 613. The number of rotatable bonds is 2. The van der Waals surface area contributed by atoms with Crippen molar-refractivity contribution in [2.75, 3.05) is 16.8 Å². The fourth-order valence-electron chi connectivity index (χ4n) is 1.93. The minimum atomic E-state index is -3.04. The molecule has 0 aromatic heterocycles. The van der Waals surface area contributed by atoms with E-state index in [2.05, 4.69) is 11.2 Å². The van der Waals surface area contributed by atoms with E-state index in [1.807, 2.05) is 0 Å². The molecule has 0 saturated carbocycles. The van der Waals surface area contributed by atoms with Gasteiger partial charge in [0.1, 0.15) is 0 Å². The summed E-state index contributed by atoms with van der Waals surface area (Å²) in [7, 11) is -3.04. The predicted octanol–water partition coefficient (Wildman–Crippen LogP) is 1.04. The van der Waals surface area contributed by atoms with Crippen LogP contribution in [0.3, 0.4) is 0 Å². The fraction of sp³-hybridized carbons (Fsp3) is 0.308. The summed E-state index contributed by atoms with van der Waals surface area (Å²) in [6.07, 6.45) is 5.66. The van der Waals surface area contributed by atoms with Crippen LogP contribution in [0.1, 0.15) is 12.0 Å². The van der Waals surface area contributed by atoms with Crippen molar-refractivity contribution in [3.8, 4) is 12.3 Å². The quantitative estimate of drug-likeness (QED) is 0.811. The Morgan fingerprint density at radius 1 is 1.44 bits per heavy atom. The van der Waals surface area contributed by atoms with Gasteiger partial charge in [0.2, 0.25) is 5.91 Å². The monoisotopic (exact) mass is 263 g/mol. The smallest absolute Gasteiger partial charge is 0.228 e. The molecule has 1 aromatic carbocycles. The summed E-state index contributed by atoms with van der Waals surface area (Å²) in [6, 6.07) is 6.91. The van der Waals surface area contributed by atoms with Gasteiger partial charge in [0, 0.05) is 11.3 Å². The maximum atomic E-state index is 11.9. The highest BCUT2D eigenvalue weighted by Crippen LogP contribution is 2.20. The molecule has 1 saturated heterocycles. The zero-order chi connectivity index (χ0) is 13.2. The topological polar surface area (TPSA) is 63.2 Å². The summed E-state index contributed by atoms with van der Waals surface area (Å²) >= 11 is 0. The molecule has 1 aliphatic heterocycles. The molecular formula is C13H13NO3S. The normalized spacial score (nSPS) is 21.2. The third-order valence-electron chi connectivity index (χ3n) is 2.90. The van der Waals surface area contributed by atoms with Crippen molar-refractivity contribution >= 4 is 21.4 Å². The van der Waals surface area contributed by atoms with E-state index in [0.717, 1.165) is 0 Å². The SMILES string of the molecule is C#Cc1cccc(NC(=O)[C@@H]2CCS(=O)(=O)C2)c1. The van der Waals surface area contributed by atoms with Crippen LogP contribution in [0.15, 0.2) is 24.3 Å². The van der Waals surface area contributed by atoms with E-state index in [0.29, 0.717) is 17.7 Å². The molecule has 0 spiro atoms. The number of hydrogen-bond donors (Lipinski definition) is 1. The fourth-order valence-corrected chi connectivity index (χ4v) is 3.67. The average Bonchev–Trinajstić information content (AvgIpc) is 2.70. The van der Waals surface area contributed by atoms with Gasteiger partial charge < -0.3 is 5.32 Å². The number of nitrogens with one attached hydrogen (secondary N) is 1. The first-order chi connectivity index (χ1) is 8.50. The molecule has 4 nitrogen and oxygen atoms in total. The Labute approximate surface area is 106 Å². The van der Waals surface area contributed by atoms with Crippen LogP contribution in [0.4, 0.5) is 5.69 Å². The molecule has 5 heteroatoms. The second-order valence-corrected chi connectivity index (χ2v) is 6.54. The zero-order valence-electron chi connectivity index (χ0n) is 9.72. The number of amides is 1. The highest BCUT2D eigenvalue weighted by Gasteiger charge is 2.32. The largest absolute Gasteiger partial charge is 0.326 e. The molecule has 1 amide bonds. The van der Waals surface area contributed by atoms with Crippen LogP contribution in [0.2, 0.25) is 0 Å². The van der Waals surface area contributed by atoms with Crippen molar-refractivity contribution in [2.24, 2.45) is 5.92 Å². The molecule has 1 aromatic rings. The van der Waals surface area contributed by atoms with Crippen molar-refractivity contribution in [1.29, 1.82) is 0 Å². The van der Waals surface area contributed by atoms with E-state index in [-0.39, 0.29) is 17.4 Å². The lowest BCUT2D eigenvalue weighted by atomic mass is 10.1. The van der Waals surface area contributed by atoms with Crippen molar-refractivity contribution in [3.63, 3.8) is 0 Å². The summed E-state index contributed by atoms with van der Waals surface area (Å²) in [5.74, 6) is 1.79. The number of hydrogen-bond acceptors (Lipinski definition) is 3. The van der Waals surface area contributed by atoms with E-state index in [1.54, 1.807) is 24.3 Å². The lowest BCUT2D eigenvalue weighted by Gasteiger charge is -2.09. The second kappa shape index (κ2) is 4.83. The summed E-state index contributed by atoms with van der Waals surface area (Å²) in [5.41, 5.74) is 1.27. The zero-order valence-corrected chi connectivity index (χ0v) is 10.5. The molecule has 94 valence electrons. The van der Waals surface area contributed by atoms with Gasteiger partial charge in [-0.2, -0.15) is 0 Å². The Morgan fingerprint density at radius 3 is 2.83 bits per heavy atom. The standard InChI is InChI=1S/C13H13NO3S/c1-2-10-4-3-5-12(8-10)14-13(15)11-6-7-18(16,17)9-11/h1,3-5,8,11H,6-7,9H2,(H,14,15)/t11-/m1/s1. The average molecular weight is 263 g/mol. The predicted molar refractivity (Wildman–Crippen MR) is 69.8 cm³/mol. The van der Waals surface area contributed by atoms with E-state index in [1.165, 1.54) is 0 Å². The summed E-state index contributed by atoms with van der Waals surface area (Å²) < 4.78 is 22.6. The molecule has 0 radical (unpaired) electrons. The first-order valence-electron chi connectivity index (χ1n) is 5.58. The van der Waals surface area contributed by atoms with Crippen LogP contribution in [0.25, 0.3) is 0 Å². The van der Waals surface area contributed by atoms with E-state index in [9.17, 15) is 13.2 Å². The molecule has 1 fully saturated rings. The van der Waals surface area contributed by atoms with Gasteiger partial charge in [0.25, 0.3) is 0 Å². The van der Waals surface area contributed by atoms with Crippen molar-refractivity contribution in [2.45, 2.75) is 6.42 Å². The number of terminal acetylenes is 1. The molecule has 0 unspecified atom stereocenters. The second-order valence-electron chi connectivity index (χ2n) is 4.31. The van der Waals surface area contributed by atoms with Crippen LogP contribution in [0.5, 0.6) is 0 Å². The van der Waals surface area contributed by atoms with Crippen molar-refractivity contribution in [1.82, 2.24) is 0 Å². The molecule has 0 aliphatic carbocycles. The highest BCUT2D eigenvalue weighted by molar-refractivity contribution is 7.91. The molecule has 1 atom stereocenters. The Balaban J connectivity index is 2.06. The maximum Gasteiger partial charge on any atom is 0.228 e. The Kier molecular flexibility index (Phi) is 3.39. The number of carbonyl (C=O) groups is 1. The molecule has 1 N–H and O–H groups in total. The van der Waals surface area contributed by atoms with Crippen LogP contribution < -0.4 is 5.32 Å². The maximum absolute atomic E-state index is 11.9. The third kappa shape index (κ3) is 2.90. The van der Waals surface area contributed by atoms with Gasteiger partial charge in [-0.15, -0.1) is 6.42 Å². The highest BCUT2D eigenvalue weighted by atomic mass is 32.2. The van der Waals surface area contributed by atoms with E-state index in [4.69, 9.17) is 6.42 Å². The molecule has 0 bridgehead atoms. The van der Waals surface area contributed by atoms with Gasteiger partial charge in [0.05, 0.1) is 17.4 Å². The molecule has 2 rings (SSSR count). The minimum absolute atomic E-state index is 0.0618. The van der Waals surface area contributed by atoms with Crippen LogP contribution >= 0.6 is 0 Å². The van der Waals surface area contributed by atoms with Crippen LogP contribution in [-0.4, -0.2) is 25.8 Å². The van der Waals surface area contributed by atoms with Gasteiger partial charge in [-0.1, -0.05) is 12.0 Å². The summed E-state index contributed by atoms with van der Waals surface area (Å²) in [4.78, 5) is 11.9. The summed E-state index contributed by atoms with van der Waals surface area (Å²) in [5, 5.41) is 2.70. The first kappa shape index (κ1) is 12.7. The lowest BCUT2D eigenvalue weighted by molar-refractivity contribution is -0.119. The van der Waals surface area contributed by atoms with Gasteiger partial charge in [0.15, 0.2) is 9.84 Å². The van der Waals surface area contributed by atoms with Gasteiger partial charge in [-0.3, -0.25) is 4.79 Å². The molecule has 1 aliphatic rings. The van der Waals surface area contributed by atoms with Crippen LogP contribution in [0, 0.1) is 18.3 Å². The first-order valence-corrected chi connectivity index (χ1v) is 7.40. The lowest BCUT2D eigenvalue weighted by Crippen LogP contribution is -2.23.